The summed E-state index contributed by atoms with van der Waals surface area (Å²) in [5.41, 5.74) is 3.43. The van der Waals surface area contributed by atoms with Gasteiger partial charge in [0.15, 0.2) is 5.52 Å². The number of nitrogens with zero attached hydrogens (tertiary/aromatic N) is 6. The normalized spacial score (nSPS) is 11.4. The molecule has 0 saturated heterocycles. The summed E-state index contributed by atoms with van der Waals surface area (Å²) in [6.45, 7) is 3.23. The lowest BCUT2D eigenvalue weighted by molar-refractivity contribution is 0.146. The van der Waals surface area contributed by atoms with Gasteiger partial charge in [-0.05, 0) is 42.2 Å². The van der Waals surface area contributed by atoms with Gasteiger partial charge < -0.3 is 9.47 Å². The number of hydrogen-bond acceptors (Lipinski definition) is 8. The smallest absolute Gasteiger partial charge is 0.283 e. The molecule has 4 heterocycles. The van der Waals surface area contributed by atoms with E-state index in [4.69, 9.17) is 9.47 Å². The minimum Gasteiger partial charge on any atom is -0.490 e. The first kappa shape index (κ1) is 20.3. The van der Waals surface area contributed by atoms with Crippen LogP contribution in [0.25, 0.3) is 26.9 Å². The Morgan fingerprint density at radius 3 is 2.88 bits per heavy atom. The molecule has 4 aromatic heterocycles. The second kappa shape index (κ2) is 8.48. The van der Waals surface area contributed by atoms with Crippen molar-refractivity contribution in [3.8, 4) is 10.8 Å². The fourth-order valence-corrected chi connectivity index (χ4v) is 4.29. The van der Waals surface area contributed by atoms with Gasteiger partial charge in [0.25, 0.3) is 5.56 Å². The van der Waals surface area contributed by atoms with Gasteiger partial charge in [-0.25, -0.2) is 4.68 Å². The molecule has 0 aliphatic heterocycles. The molecular formula is C22H20N6O3S. The van der Waals surface area contributed by atoms with E-state index in [1.165, 1.54) is 11.5 Å². The third kappa shape index (κ3) is 3.74. The highest BCUT2D eigenvalue weighted by molar-refractivity contribution is 7.08. The van der Waals surface area contributed by atoms with E-state index in [-0.39, 0.29) is 5.56 Å². The van der Waals surface area contributed by atoms with Crippen LogP contribution in [0.2, 0.25) is 0 Å². The van der Waals surface area contributed by atoms with Crippen LogP contribution in [0, 0.1) is 6.92 Å². The Kier molecular flexibility index (Phi) is 5.38. The molecule has 0 amide bonds. The Morgan fingerprint density at radius 1 is 1.16 bits per heavy atom. The topological polar surface area (TPSA) is 97.0 Å². The van der Waals surface area contributed by atoms with Crippen molar-refractivity contribution in [2.75, 3.05) is 20.3 Å². The SMILES string of the molecule is COCCOc1cnc2c(Cn3nnc4ccn(-c5cc(C)ns5)c(=O)c43)cccc2c1. The molecule has 162 valence electrons. The molecule has 0 atom stereocenters. The number of rotatable bonds is 7. The van der Waals surface area contributed by atoms with Crippen LogP contribution in [0.5, 0.6) is 5.75 Å². The predicted octanol–water partition coefficient (Wildman–Crippen LogP) is 2.97. The van der Waals surface area contributed by atoms with E-state index in [1.54, 1.807) is 34.8 Å². The van der Waals surface area contributed by atoms with Gasteiger partial charge in [0.05, 0.1) is 30.6 Å². The molecule has 0 aliphatic rings. The monoisotopic (exact) mass is 448 g/mol. The van der Waals surface area contributed by atoms with Crippen molar-refractivity contribution in [3.05, 3.63) is 70.4 Å². The van der Waals surface area contributed by atoms with Crippen molar-refractivity contribution in [1.29, 1.82) is 0 Å². The first-order valence-electron chi connectivity index (χ1n) is 10.0. The minimum absolute atomic E-state index is 0.182. The van der Waals surface area contributed by atoms with Crippen molar-refractivity contribution in [2.45, 2.75) is 13.5 Å². The Hall–Kier alpha value is -3.63. The van der Waals surface area contributed by atoms with Crippen molar-refractivity contribution in [2.24, 2.45) is 0 Å². The molecule has 10 heteroatoms. The quantitative estimate of drug-likeness (QED) is 0.353. The molecule has 0 unspecified atom stereocenters. The van der Waals surface area contributed by atoms with Gasteiger partial charge in [0.2, 0.25) is 0 Å². The first-order chi connectivity index (χ1) is 15.6. The average Bonchev–Trinajstić information content (AvgIpc) is 3.41. The van der Waals surface area contributed by atoms with Crippen molar-refractivity contribution >= 4 is 33.5 Å². The molecule has 1 aromatic carbocycles. The van der Waals surface area contributed by atoms with Crippen LogP contribution >= 0.6 is 11.5 Å². The van der Waals surface area contributed by atoms with Gasteiger partial charge in [-0.1, -0.05) is 23.4 Å². The van der Waals surface area contributed by atoms with E-state index in [0.29, 0.717) is 36.5 Å². The number of ether oxygens (including phenoxy) is 2. The van der Waals surface area contributed by atoms with Gasteiger partial charge in [-0.15, -0.1) is 5.10 Å². The Morgan fingerprint density at radius 2 is 2.06 bits per heavy atom. The van der Waals surface area contributed by atoms with E-state index in [2.05, 4.69) is 19.7 Å². The van der Waals surface area contributed by atoms with Crippen molar-refractivity contribution in [1.82, 2.24) is 28.9 Å². The highest BCUT2D eigenvalue weighted by Gasteiger charge is 2.15. The molecule has 9 nitrogen and oxygen atoms in total. The largest absolute Gasteiger partial charge is 0.490 e. The Balaban J connectivity index is 1.52. The summed E-state index contributed by atoms with van der Waals surface area (Å²) in [7, 11) is 1.63. The fraction of sp³-hybridized carbons (Fsp3) is 0.227. The van der Waals surface area contributed by atoms with Gasteiger partial charge in [-0.2, -0.15) is 4.37 Å². The molecule has 32 heavy (non-hydrogen) atoms. The number of hydrogen-bond donors (Lipinski definition) is 0. The molecular weight excluding hydrogens is 428 g/mol. The molecule has 0 spiro atoms. The second-order valence-electron chi connectivity index (χ2n) is 7.28. The molecule has 0 fully saturated rings. The van der Waals surface area contributed by atoms with Gasteiger partial charge in [0, 0.05) is 18.7 Å². The van der Waals surface area contributed by atoms with E-state index in [1.807, 2.05) is 37.3 Å². The highest BCUT2D eigenvalue weighted by Crippen LogP contribution is 2.23. The van der Waals surface area contributed by atoms with E-state index in [9.17, 15) is 4.79 Å². The average molecular weight is 449 g/mol. The van der Waals surface area contributed by atoms with Crippen LogP contribution in [0.3, 0.4) is 0 Å². The Labute approximate surface area is 187 Å². The zero-order valence-electron chi connectivity index (χ0n) is 17.6. The summed E-state index contributed by atoms with van der Waals surface area (Å²) < 4.78 is 18.2. The summed E-state index contributed by atoms with van der Waals surface area (Å²) >= 11 is 1.28. The lowest BCUT2D eigenvalue weighted by Crippen LogP contribution is -2.20. The first-order valence-corrected chi connectivity index (χ1v) is 10.8. The summed E-state index contributed by atoms with van der Waals surface area (Å²) in [4.78, 5) is 17.8. The molecule has 5 aromatic rings. The number of aryl methyl sites for hydroxylation is 1. The maximum absolute atomic E-state index is 13.2. The maximum atomic E-state index is 13.2. The summed E-state index contributed by atoms with van der Waals surface area (Å²) in [6, 6.07) is 11.5. The molecule has 5 rings (SSSR count). The number of pyridine rings is 2. The fourth-order valence-electron chi connectivity index (χ4n) is 3.55. The molecule has 0 N–H and O–H groups in total. The zero-order chi connectivity index (χ0) is 22.1. The van der Waals surface area contributed by atoms with Crippen LogP contribution in [-0.2, 0) is 11.3 Å². The lowest BCUT2D eigenvalue weighted by Gasteiger charge is -2.09. The standard InChI is InChI=1S/C22H20N6O3S/c1-14-10-19(32-25-14)27-7-6-18-21(22(27)29)28(26-24-18)13-16-5-3-4-15-11-17(12-23-20(15)16)31-9-8-30-2/h3-7,10-12H,8-9,13H2,1-2H3. The van der Waals surface area contributed by atoms with Crippen LogP contribution in [0.15, 0.2) is 53.6 Å². The maximum Gasteiger partial charge on any atom is 0.283 e. The van der Waals surface area contributed by atoms with Crippen LogP contribution in [0.1, 0.15) is 11.3 Å². The van der Waals surface area contributed by atoms with Crippen LogP contribution < -0.4 is 10.3 Å². The third-order valence-corrected chi connectivity index (χ3v) is 5.94. The van der Waals surface area contributed by atoms with Crippen molar-refractivity contribution < 1.29 is 9.47 Å². The lowest BCUT2D eigenvalue weighted by atomic mass is 10.1. The number of para-hydroxylation sites is 1. The summed E-state index contributed by atoms with van der Waals surface area (Å²) in [6.07, 6.45) is 3.40. The van der Waals surface area contributed by atoms with Crippen LogP contribution in [0.4, 0.5) is 0 Å². The van der Waals surface area contributed by atoms with Gasteiger partial charge in [0.1, 0.15) is 22.9 Å². The third-order valence-electron chi connectivity index (χ3n) is 5.06. The van der Waals surface area contributed by atoms with Gasteiger partial charge in [-0.3, -0.25) is 14.3 Å². The molecule has 0 aliphatic carbocycles. The number of benzene rings is 1. The van der Waals surface area contributed by atoms with E-state index >= 15 is 0 Å². The Bertz CT molecular complexity index is 1470. The van der Waals surface area contributed by atoms with E-state index in [0.717, 1.165) is 27.2 Å². The summed E-state index contributed by atoms with van der Waals surface area (Å²) in [5, 5.41) is 10.1. The minimum atomic E-state index is -0.182. The molecule has 0 saturated carbocycles. The predicted molar refractivity (Wildman–Crippen MR) is 122 cm³/mol. The zero-order valence-corrected chi connectivity index (χ0v) is 18.4. The summed E-state index contributed by atoms with van der Waals surface area (Å²) in [5.74, 6) is 0.681. The van der Waals surface area contributed by atoms with E-state index < -0.39 is 0 Å². The number of methoxy groups -OCH3 is 1. The number of aromatic nitrogens is 6. The molecule has 0 bridgehead atoms. The number of fused-ring (bicyclic) bond motifs is 2. The van der Waals surface area contributed by atoms with Crippen LogP contribution in [-0.4, -0.2) is 49.2 Å². The highest BCUT2D eigenvalue weighted by atomic mass is 32.1. The second-order valence-corrected chi connectivity index (χ2v) is 8.06. The van der Waals surface area contributed by atoms with Crippen molar-refractivity contribution in [3.63, 3.8) is 0 Å². The van der Waals surface area contributed by atoms with Gasteiger partial charge >= 0.3 is 0 Å². The molecule has 0 radical (unpaired) electrons.